The first-order valence-corrected chi connectivity index (χ1v) is 7.49. The van der Waals surface area contributed by atoms with E-state index in [9.17, 15) is 0 Å². The molecule has 0 radical (unpaired) electrons. The second kappa shape index (κ2) is 6.65. The monoisotopic (exact) mass is 358 g/mol. The van der Waals surface area contributed by atoms with E-state index in [2.05, 4.69) is 22.0 Å². The van der Waals surface area contributed by atoms with Crippen LogP contribution in [-0.4, -0.2) is 7.11 Å². The minimum Gasteiger partial charge on any atom is -0.497 e. The van der Waals surface area contributed by atoms with Gasteiger partial charge < -0.3 is 4.74 Å². The van der Waals surface area contributed by atoms with Gasteiger partial charge in [-0.2, -0.15) is 0 Å². The molecule has 0 bridgehead atoms. The molecule has 0 aliphatic rings. The van der Waals surface area contributed by atoms with E-state index in [4.69, 9.17) is 27.9 Å². The Hall–Kier alpha value is -0.700. The highest BCUT2D eigenvalue weighted by Crippen LogP contribution is 2.32. The van der Waals surface area contributed by atoms with E-state index in [0.717, 1.165) is 17.7 Å². The van der Waals surface area contributed by atoms with Crippen molar-refractivity contribution in [1.82, 2.24) is 0 Å². The highest BCUT2D eigenvalue weighted by molar-refractivity contribution is 9.09. The molecule has 2 aromatic rings. The average molecular weight is 360 g/mol. The number of methoxy groups -OCH3 is 1. The quantitative estimate of drug-likeness (QED) is 0.638. The summed E-state index contributed by atoms with van der Waals surface area (Å²) in [5.74, 6) is 0.867. The first kappa shape index (κ1) is 14.7. The minimum absolute atomic E-state index is 0.189. The first-order chi connectivity index (χ1) is 9.10. The van der Waals surface area contributed by atoms with Gasteiger partial charge in [0.2, 0.25) is 0 Å². The fourth-order valence-corrected chi connectivity index (χ4v) is 2.80. The van der Waals surface area contributed by atoms with E-state index in [1.54, 1.807) is 7.11 Å². The van der Waals surface area contributed by atoms with Crippen molar-refractivity contribution in [3.63, 3.8) is 0 Å². The number of rotatable bonds is 4. The van der Waals surface area contributed by atoms with Crippen molar-refractivity contribution in [1.29, 1.82) is 0 Å². The summed E-state index contributed by atoms with van der Waals surface area (Å²) in [6.45, 7) is 0. The number of halogens is 3. The molecule has 0 aromatic heterocycles. The summed E-state index contributed by atoms with van der Waals surface area (Å²) in [5, 5.41) is 1.15. The molecule has 1 nitrogen and oxygen atoms in total. The van der Waals surface area contributed by atoms with Gasteiger partial charge >= 0.3 is 0 Å². The normalized spacial score (nSPS) is 12.2. The van der Waals surface area contributed by atoms with Gasteiger partial charge in [0.05, 0.1) is 17.2 Å². The van der Waals surface area contributed by atoms with Crippen molar-refractivity contribution in [2.45, 2.75) is 11.2 Å². The van der Waals surface area contributed by atoms with Crippen molar-refractivity contribution < 1.29 is 4.74 Å². The van der Waals surface area contributed by atoms with Gasteiger partial charge in [-0.15, -0.1) is 0 Å². The molecule has 100 valence electrons. The van der Waals surface area contributed by atoms with Crippen LogP contribution < -0.4 is 4.74 Å². The Bertz CT molecular complexity index is 572. The second-order valence-electron chi connectivity index (χ2n) is 4.20. The van der Waals surface area contributed by atoms with Gasteiger partial charge in [0, 0.05) is 4.83 Å². The lowest BCUT2D eigenvalue weighted by molar-refractivity contribution is 0.414. The van der Waals surface area contributed by atoms with Gasteiger partial charge in [-0.1, -0.05) is 57.3 Å². The molecule has 0 saturated carbocycles. The third-order valence-electron chi connectivity index (χ3n) is 2.85. The lowest BCUT2D eigenvalue weighted by atomic mass is 10.0. The molecule has 0 fully saturated rings. The zero-order valence-corrected chi connectivity index (χ0v) is 13.5. The summed E-state index contributed by atoms with van der Waals surface area (Å²) in [6, 6.07) is 13.7. The Morgan fingerprint density at radius 1 is 1.11 bits per heavy atom. The Morgan fingerprint density at radius 3 is 2.58 bits per heavy atom. The Morgan fingerprint density at radius 2 is 1.89 bits per heavy atom. The van der Waals surface area contributed by atoms with Crippen LogP contribution in [-0.2, 0) is 6.42 Å². The summed E-state index contributed by atoms with van der Waals surface area (Å²) in [7, 11) is 1.67. The standard InChI is InChI=1S/C15H13BrCl2O/c1-19-12-4-2-3-10(7-12)8-13(16)11-5-6-14(17)15(18)9-11/h2-7,9,13H,8H2,1H3. The van der Waals surface area contributed by atoms with Crippen LogP contribution in [0.15, 0.2) is 42.5 Å². The van der Waals surface area contributed by atoms with E-state index in [-0.39, 0.29) is 4.83 Å². The maximum atomic E-state index is 6.04. The highest BCUT2D eigenvalue weighted by Gasteiger charge is 2.10. The number of ether oxygens (including phenoxy) is 1. The second-order valence-corrected chi connectivity index (χ2v) is 6.12. The van der Waals surface area contributed by atoms with Crippen LogP contribution in [0.5, 0.6) is 5.75 Å². The minimum atomic E-state index is 0.189. The third kappa shape index (κ3) is 3.88. The summed E-state index contributed by atoms with van der Waals surface area (Å²) in [4.78, 5) is 0.189. The predicted octanol–water partition coefficient (Wildman–Crippen LogP) is 5.68. The van der Waals surface area contributed by atoms with Gasteiger partial charge in [0.1, 0.15) is 5.75 Å². The molecule has 0 saturated heterocycles. The van der Waals surface area contributed by atoms with Crippen LogP contribution in [0.25, 0.3) is 0 Å². The van der Waals surface area contributed by atoms with E-state index in [1.165, 1.54) is 5.56 Å². The molecule has 0 N–H and O–H groups in total. The van der Waals surface area contributed by atoms with Crippen molar-refractivity contribution >= 4 is 39.1 Å². The average Bonchev–Trinajstić information content (AvgIpc) is 2.42. The molecule has 0 heterocycles. The molecular weight excluding hydrogens is 347 g/mol. The summed E-state index contributed by atoms with van der Waals surface area (Å²) in [5.41, 5.74) is 2.31. The third-order valence-corrected chi connectivity index (χ3v) is 4.45. The zero-order chi connectivity index (χ0) is 13.8. The van der Waals surface area contributed by atoms with Gasteiger partial charge in [-0.3, -0.25) is 0 Å². The van der Waals surface area contributed by atoms with Crippen LogP contribution in [0.2, 0.25) is 10.0 Å². The van der Waals surface area contributed by atoms with E-state index < -0.39 is 0 Å². The highest BCUT2D eigenvalue weighted by atomic mass is 79.9. The molecule has 2 rings (SSSR count). The molecule has 0 aliphatic heterocycles. The van der Waals surface area contributed by atoms with Crippen molar-refractivity contribution in [3.8, 4) is 5.75 Å². The molecule has 2 aromatic carbocycles. The Kier molecular flexibility index (Phi) is 5.14. The lowest BCUT2D eigenvalue weighted by Gasteiger charge is -2.12. The largest absolute Gasteiger partial charge is 0.497 e. The zero-order valence-electron chi connectivity index (χ0n) is 10.4. The maximum Gasteiger partial charge on any atom is 0.119 e. The number of hydrogen-bond acceptors (Lipinski definition) is 1. The van der Waals surface area contributed by atoms with Crippen molar-refractivity contribution in [2.75, 3.05) is 7.11 Å². The summed E-state index contributed by atoms with van der Waals surface area (Å²) in [6.07, 6.45) is 0.856. The molecule has 0 spiro atoms. The smallest absolute Gasteiger partial charge is 0.119 e. The van der Waals surface area contributed by atoms with Crippen LogP contribution >= 0.6 is 39.1 Å². The molecule has 19 heavy (non-hydrogen) atoms. The number of hydrogen-bond donors (Lipinski definition) is 0. The number of benzene rings is 2. The van der Waals surface area contributed by atoms with Crippen molar-refractivity contribution in [2.24, 2.45) is 0 Å². The van der Waals surface area contributed by atoms with E-state index in [0.29, 0.717) is 10.0 Å². The maximum absolute atomic E-state index is 6.04. The number of alkyl halides is 1. The molecular formula is C15H13BrCl2O. The van der Waals surface area contributed by atoms with E-state index >= 15 is 0 Å². The summed E-state index contributed by atoms with van der Waals surface area (Å²) < 4.78 is 5.22. The predicted molar refractivity (Wildman–Crippen MR) is 84.8 cm³/mol. The van der Waals surface area contributed by atoms with Gasteiger partial charge in [-0.05, 0) is 41.8 Å². The first-order valence-electron chi connectivity index (χ1n) is 5.82. The SMILES string of the molecule is COc1cccc(CC(Br)c2ccc(Cl)c(Cl)c2)c1. The van der Waals surface area contributed by atoms with Crippen molar-refractivity contribution in [3.05, 3.63) is 63.6 Å². The van der Waals surface area contributed by atoms with Gasteiger partial charge in [0.15, 0.2) is 0 Å². The Balaban J connectivity index is 2.15. The van der Waals surface area contributed by atoms with E-state index in [1.807, 2.05) is 36.4 Å². The van der Waals surface area contributed by atoms with Crippen LogP contribution in [0.4, 0.5) is 0 Å². The van der Waals surface area contributed by atoms with Crippen LogP contribution in [0, 0.1) is 0 Å². The molecule has 1 atom stereocenters. The molecule has 0 aliphatic carbocycles. The topological polar surface area (TPSA) is 9.23 Å². The fourth-order valence-electron chi connectivity index (χ4n) is 1.83. The molecule has 0 amide bonds. The van der Waals surface area contributed by atoms with Gasteiger partial charge in [-0.25, -0.2) is 0 Å². The summed E-state index contributed by atoms with van der Waals surface area (Å²) >= 11 is 15.6. The van der Waals surface area contributed by atoms with Gasteiger partial charge in [0.25, 0.3) is 0 Å². The fraction of sp³-hybridized carbons (Fsp3) is 0.200. The van der Waals surface area contributed by atoms with Crippen LogP contribution in [0.1, 0.15) is 16.0 Å². The molecule has 4 heteroatoms. The lowest BCUT2D eigenvalue weighted by Crippen LogP contribution is -1.96. The van der Waals surface area contributed by atoms with Crippen LogP contribution in [0.3, 0.4) is 0 Å². The molecule has 1 unspecified atom stereocenters. The Labute approximate surface area is 131 Å².